The molecular weight excluding hydrogens is 372 g/mol. The van der Waals surface area contributed by atoms with Crippen LogP contribution in [0.1, 0.15) is 28.8 Å². The molecule has 2 heterocycles. The highest BCUT2D eigenvalue weighted by atomic mass is 16.6. The average Bonchev–Trinajstić information content (AvgIpc) is 3.22. The molecule has 0 unspecified atom stereocenters. The lowest BCUT2D eigenvalue weighted by Crippen LogP contribution is -2.23. The van der Waals surface area contributed by atoms with Crippen LogP contribution in [0.4, 0.5) is 17.1 Å². The Bertz CT molecular complexity index is 1120. The van der Waals surface area contributed by atoms with E-state index in [2.05, 4.69) is 15.2 Å². The van der Waals surface area contributed by atoms with Gasteiger partial charge in [-0.25, -0.2) is 4.98 Å². The first-order valence-electron chi connectivity index (χ1n) is 9.37. The summed E-state index contributed by atoms with van der Waals surface area (Å²) in [4.78, 5) is 29.9. The number of rotatable bonds is 4. The quantitative estimate of drug-likeness (QED) is 0.513. The van der Waals surface area contributed by atoms with Crippen molar-refractivity contribution in [3.63, 3.8) is 0 Å². The summed E-state index contributed by atoms with van der Waals surface area (Å²) in [6, 6.07) is 11.2. The maximum Gasteiger partial charge on any atom is 0.270 e. The number of benzene rings is 2. The van der Waals surface area contributed by atoms with Crippen LogP contribution >= 0.6 is 0 Å². The van der Waals surface area contributed by atoms with Crippen molar-refractivity contribution in [3.8, 4) is 5.88 Å². The van der Waals surface area contributed by atoms with Gasteiger partial charge in [-0.2, -0.15) is 0 Å². The highest BCUT2D eigenvalue weighted by molar-refractivity contribution is 6.09. The Morgan fingerprint density at radius 3 is 2.66 bits per heavy atom. The molecule has 0 atom stereocenters. The number of aromatic hydroxyl groups is 1. The Morgan fingerprint density at radius 2 is 1.93 bits per heavy atom. The van der Waals surface area contributed by atoms with Crippen molar-refractivity contribution in [2.24, 2.45) is 0 Å². The molecule has 1 saturated heterocycles. The third kappa shape index (κ3) is 3.69. The van der Waals surface area contributed by atoms with Crippen LogP contribution in [-0.2, 0) is 0 Å². The van der Waals surface area contributed by atoms with E-state index in [-0.39, 0.29) is 17.1 Å². The number of aryl methyl sites for hydroxylation is 1. The molecule has 0 saturated carbocycles. The predicted molar refractivity (Wildman–Crippen MR) is 111 cm³/mol. The van der Waals surface area contributed by atoms with Crippen LogP contribution < -0.4 is 10.2 Å². The van der Waals surface area contributed by atoms with Gasteiger partial charge in [0, 0.05) is 42.4 Å². The SMILES string of the molecule is Cc1cc(O)nc2ccc(NC(=O)c3cc([N+](=O)[O-])ccc3N3CCCC3)cc12. The summed E-state index contributed by atoms with van der Waals surface area (Å²) in [6.07, 6.45) is 2.06. The molecule has 8 heteroatoms. The van der Waals surface area contributed by atoms with E-state index in [9.17, 15) is 20.0 Å². The molecule has 0 aliphatic carbocycles. The Balaban J connectivity index is 1.69. The summed E-state index contributed by atoms with van der Waals surface area (Å²) >= 11 is 0. The summed E-state index contributed by atoms with van der Waals surface area (Å²) in [6.45, 7) is 3.49. The van der Waals surface area contributed by atoms with Gasteiger partial charge in [-0.3, -0.25) is 14.9 Å². The number of hydrogen-bond donors (Lipinski definition) is 2. The third-order valence-corrected chi connectivity index (χ3v) is 5.14. The summed E-state index contributed by atoms with van der Waals surface area (Å²) < 4.78 is 0. The highest BCUT2D eigenvalue weighted by Gasteiger charge is 2.22. The number of nitrogens with one attached hydrogen (secondary N) is 1. The van der Waals surface area contributed by atoms with Gasteiger partial charge >= 0.3 is 0 Å². The van der Waals surface area contributed by atoms with Crippen LogP contribution in [0, 0.1) is 17.0 Å². The fourth-order valence-corrected chi connectivity index (χ4v) is 3.71. The topological polar surface area (TPSA) is 109 Å². The molecule has 1 amide bonds. The van der Waals surface area contributed by atoms with Crippen molar-refractivity contribution in [1.82, 2.24) is 4.98 Å². The smallest absolute Gasteiger partial charge is 0.270 e. The number of nitro groups is 1. The van der Waals surface area contributed by atoms with E-state index >= 15 is 0 Å². The number of nitro benzene ring substituents is 1. The second-order valence-corrected chi connectivity index (χ2v) is 7.14. The Morgan fingerprint density at radius 1 is 1.17 bits per heavy atom. The van der Waals surface area contributed by atoms with E-state index in [0.717, 1.165) is 36.9 Å². The normalized spacial score (nSPS) is 13.6. The maximum atomic E-state index is 13.0. The van der Waals surface area contributed by atoms with Crippen LogP contribution in [-0.4, -0.2) is 34.0 Å². The summed E-state index contributed by atoms with van der Waals surface area (Å²) in [5, 5.41) is 24.5. The minimum absolute atomic E-state index is 0.0568. The first-order valence-corrected chi connectivity index (χ1v) is 9.37. The molecule has 1 aliphatic heterocycles. The van der Waals surface area contributed by atoms with Gasteiger partial charge in [0.15, 0.2) is 0 Å². The molecule has 0 bridgehead atoms. The minimum atomic E-state index is -0.498. The van der Waals surface area contributed by atoms with E-state index in [1.165, 1.54) is 12.1 Å². The fourth-order valence-electron chi connectivity index (χ4n) is 3.71. The van der Waals surface area contributed by atoms with Gasteiger partial charge in [-0.05, 0) is 49.6 Å². The van der Waals surface area contributed by atoms with E-state index in [1.807, 2.05) is 6.92 Å². The van der Waals surface area contributed by atoms with Crippen LogP contribution in [0.25, 0.3) is 10.9 Å². The lowest BCUT2D eigenvalue weighted by atomic mass is 10.1. The number of aromatic nitrogens is 1. The number of hydrogen-bond acceptors (Lipinski definition) is 6. The average molecular weight is 392 g/mol. The Kier molecular flexibility index (Phi) is 4.75. The van der Waals surface area contributed by atoms with E-state index in [4.69, 9.17) is 0 Å². The first-order chi connectivity index (χ1) is 13.9. The second-order valence-electron chi connectivity index (χ2n) is 7.14. The van der Waals surface area contributed by atoms with Gasteiger partial charge in [0.2, 0.25) is 5.88 Å². The number of carbonyl (C=O) groups is 1. The maximum absolute atomic E-state index is 13.0. The number of nitrogens with zero attached hydrogens (tertiary/aromatic N) is 3. The molecule has 4 rings (SSSR count). The molecule has 1 fully saturated rings. The number of non-ortho nitro benzene ring substituents is 1. The lowest BCUT2D eigenvalue weighted by Gasteiger charge is -2.21. The molecule has 148 valence electrons. The van der Waals surface area contributed by atoms with Crippen molar-refractivity contribution >= 4 is 33.9 Å². The molecule has 2 N–H and O–H groups in total. The van der Waals surface area contributed by atoms with Crippen molar-refractivity contribution in [1.29, 1.82) is 0 Å². The fraction of sp³-hybridized carbons (Fsp3) is 0.238. The molecule has 0 radical (unpaired) electrons. The molecule has 3 aromatic rings. The molecule has 2 aromatic carbocycles. The number of carbonyl (C=O) groups excluding carboxylic acids is 1. The summed E-state index contributed by atoms with van der Waals surface area (Å²) in [5.74, 6) is -0.460. The number of anilines is 2. The van der Waals surface area contributed by atoms with Gasteiger partial charge in [0.1, 0.15) is 0 Å². The van der Waals surface area contributed by atoms with E-state index in [0.29, 0.717) is 16.9 Å². The van der Waals surface area contributed by atoms with Crippen molar-refractivity contribution in [3.05, 3.63) is 63.7 Å². The monoisotopic (exact) mass is 392 g/mol. The number of pyridine rings is 1. The zero-order chi connectivity index (χ0) is 20.5. The van der Waals surface area contributed by atoms with Crippen LogP contribution in [0.3, 0.4) is 0 Å². The van der Waals surface area contributed by atoms with Gasteiger partial charge in [0.05, 0.1) is 21.7 Å². The highest BCUT2D eigenvalue weighted by Crippen LogP contribution is 2.30. The molecule has 8 nitrogen and oxygen atoms in total. The molecule has 1 aliphatic rings. The van der Waals surface area contributed by atoms with Crippen molar-refractivity contribution < 1.29 is 14.8 Å². The zero-order valence-corrected chi connectivity index (χ0v) is 15.9. The van der Waals surface area contributed by atoms with Crippen LogP contribution in [0.2, 0.25) is 0 Å². The Hall–Kier alpha value is -3.68. The molecule has 1 aromatic heterocycles. The first kappa shape index (κ1) is 18.7. The third-order valence-electron chi connectivity index (χ3n) is 5.14. The van der Waals surface area contributed by atoms with E-state index in [1.54, 1.807) is 30.3 Å². The number of amides is 1. The molecule has 0 spiro atoms. The van der Waals surface area contributed by atoms with Crippen LogP contribution in [0.5, 0.6) is 5.88 Å². The second kappa shape index (κ2) is 7.38. The van der Waals surface area contributed by atoms with Gasteiger partial charge in [-0.15, -0.1) is 0 Å². The molecular formula is C21H20N4O4. The Labute approximate surface area is 166 Å². The van der Waals surface area contributed by atoms with Crippen molar-refractivity contribution in [2.45, 2.75) is 19.8 Å². The lowest BCUT2D eigenvalue weighted by molar-refractivity contribution is -0.384. The minimum Gasteiger partial charge on any atom is -0.493 e. The predicted octanol–water partition coefficient (Wildman–Crippen LogP) is 4.01. The summed E-state index contributed by atoms with van der Waals surface area (Å²) in [7, 11) is 0. The summed E-state index contributed by atoms with van der Waals surface area (Å²) in [5.41, 5.74) is 2.87. The van der Waals surface area contributed by atoms with Gasteiger partial charge < -0.3 is 15.3 Å². The standard InChI is InChI=1S/C21H20N4O4/c1-13-10-20(26)23-18-6-4-14(11-16(13)18)22-21(27)17-12-15(25(28)29)5-7-19(17)24-8-2-3-9-24/h4-7,10-12H,2-3,8-9H2,1H3,(H,22,27)(H,23,26). The van der Waals surface area contributed by atoms with E-state index < -0.39 is 10.8 Å². The van der Waals surface area contributed by atoms with Crippen LogP contribution in [0.15, 0.2) is 42.5 Å². The molecule has 29 heavy (non-hydrogen) atoms. The number of fused-ring (bicyclic) bond motifs is 1. The largest absolute Gasteiger partial charge is 0.493 e. The van der Waals surface area contributed by atoms with Gasteiger partial charge in [-0.1, -0.05) is 0 Å². The van der Waals surface area contributed by atoms with Crippen molar-refractivity contribution in [2.75, 3.05) is 23.3 Å². The zero-order valence-electron chi connectivity index (χ0n) is 15.9. The van der Waals surface area contributed by atoms with Gasteiger partial charge in [0.25, 0.3) is 11.6 Å².